The van der Waals surface area contributed by atoms with Crippen LogP contribution < -0.4 is 10.6 Å². The van der Waals surface area contributed by atoms with Crippen molar-refractivity contribution < 1.29 is 0 Å². The molecule has 0 saturated heterocycles. The minimum Gasteiger partial charge on any atom is -0.370 e. The number of hydrogen-bond acceptors (Lipinski definition) is 5. The summed E-state index contributed by atoms with van der Waals surface area (Å²) in [6, 6.07) is 1.98. The fraction of sp³-hybridized carbons (Fsp3) is 0.545. The molecule has 0 radical (unpaired) electrons. The van der Waals surface area contributed by atoms with Gasteiger partial charge in [-0.15, -0.1) is 0 Å². The van der Waals surface area contributed by atoms with Crippen molar-refractivity contribution >= 4 is 11.6 Å². The van der Waals surface area contributed by atoms with E-state index in [0.717, 1.165) is 24.6 Å². The molecule has 1 atom stereocenters. The summed E-state index contributed by atoms with van der Waals surface area (Å²) in [5.41, 5.74) is 0.939. The molecular weight excluding hydrogens is 216 g/mol. The predicted molar refractivity (Wildman–Crippen MR) is 67.1 cm³/mol. The van der Waals surface area contributed by atoms with Crippen molar-refractivity contribution in [1.82, 2.24) is 24.9 Å². The largest absolute Gasteiger partial charge is 0.370 e. The normalized spacial score (nSPS) is 12.9. The highest BCUT2D eigenvalue weighted by Crippen LogP contribution is 2.10. The van der Waals surface area contributed by atoms with Gasteiger partial charge in [-0.25, -0.2) is 4.98 Å². The van der Waals surface area contributed by atoms with Gasteiger partial charge in [-0.3, -0.25) is 0 Å². The van der Waals surface area contributed by atoms with Crippen LogP contribution in [0.4, 0.5) is 5.82 Å². The second-order valence-corrected chi connectivity index (χ2v) is 4.30. The monoisotopic (exact) mass is 234 g/mol. The number of aromatic nitrogens is 4. The lowest BCUT2D eigenvalue weighted by molar-refractivity contribution is 0.568. The Labute approximate surface area is 100 Å². The number of nitrogens with one attached hydrogen (secondary N) is 2. The highest BCUT2D eigenvalue weighted by Gasteiger charge is 2.06. The molecule has 0 spiro atoms. The van der Waals surface area contributed by atoms with Crippen molar-refractivity contribution in [3.63, 3.8) is 0 Å². The first-order valence-corrected chi connectivity index (χ1v) is 5.76. The third kappa shape index (κ3) is 2.71. The van der Waals surface area contributed by atoms with Crippen molar-refractivity contribution in [2.45, 2.75) is 13.8 Å². The molecular formula is C11H18N6. The second-order valence-electron chi connectivity index (χ2n) is 4.30. The molecule has 0 bridgehead atoms. The summed E-state index contributed by atoms with van der Waals surface area (Å²) in [6.45, 7) is 6.02. The fourth-order valence-electron chi connectivity index (χ4n) is 1.76. The minimum absolute atomic E-state index is 0.548. The van der Waals surface area contributed by atoms with Gasteiger partial charge in [0, 0.05) is 18.3 Å². The Balaban J connectivity index is 2.14. The molecule has 0 aliphatic carbocycles. The average molecular weight is 234 g/mol. The van der Waals surface area contributed by atoms with Gasteiger partial charge in [-0.2, -0.15) is 14.6 Å². The van der Waals surface area contributed by atoms with Gasteiger partial charge in [0.15, 0.2) is 0 Å². The zero-order chi connectivity index (χ0) is 12.3. The molecule has 2 N–H and O–H groups in total. The SMILES string of the molecule is CNCC(C)CNc1cc(C)nc2ncnn12. The number of hydrogen-bond donors (Lipinski definition) is 2. The van der Waals surface area contributed by atoms with E-state index in [-0.39, 0.29) is 0 Å². The predicted octanol–water partition coefficient (Wildman–Crippen LogP) is 0.700. The molecule has 2 heterocycles. The quantitative estimate of drug-likeness (QED) is 0.797. The molecule has 0 aliphatic rings. The molecule has 92 valence electrons. The third-order valence-electron chi connectivity index (χ3n) is 2.56. The maximum atomic E-state index is 4.30. The molecule has 6 heteroatoms. The lowest BCUT2D eigenvalue weighted by Gasteiger charge is -2.13. The number of nitrogens with zero attached hydrogens (tertiary/aromatic N) is 4. The van der Waals surface area contributed by atoms with E-state index in [0.29, 0.717) is 11.7 Å². The van der Waals surface area contributed by atoms with Crippen molar-refractivity contribution in [2.24, 2.45) is 5.92 Å². The first kappa shape index (κ1) is 11.8. The summed E-state index contributed by atoms with van der Waals surface area (Å²) in [5.74, 6) is 2.12. The van der Waals surface area contributed by atoms with E-state index in [1.54, 1.807) is 4.52 Å². The molecule has 0 saturated carbocycles. The Morgan fingerprint density at radius 2 is 2.24 bits per heavy atom. The van der Waals surface area contributed by atoms with E-state index in [2.05, 4.69) is 32.6 Å². The van der Waals surface area contributed by atoms with Gasteiger partial charge in [-0.1, -0.05) is 6.92 Å². The van der Waals surface area contributed by atoms with Crippen LogP contribution in [0.5, 0.6) is 0 Å². The van der Waals surface area contributed by atoms with Gasteiger partial charge in [-0.05, 0) is 26.4 Å². The van der Waals surface area contributed by atoms with Gasteiger partial charge >= 0.3 is 0 Å². The number of aryl methyl sites for hydroxylation is 1. The lowest BCUT2D eigenvalue weighted by Crippen LogP contribution is -2.23. The molecule has 17 heavy (non-hydrogen) atoms. The topological polar surface area (TPSA) is 67.1 Å². The lowest BCUT2D eigenvalue weighted by atomic mass is 10.2. The van der Waals surface area contributed by atoms with E-state index in [1.807, 2.05) is 20.0 Å². The van der Waals surface area contributed by atoms with Crippen LogP contribution in [0.1, 0.15) is 12.6 Å². The molecule has 2 aromatic heterocycles. The highest BCUT2D eigenvalue weighted by molar-refractivity contribution is 5.44. The van der Waals surface area contributed by atoms with Crippen LogP contribution in [0.25, 0.3) is 5.78 Å². The molecule has 2 rings (SSSR count). The Morgan fingerprint density at radius 1 is 1.41 bits per heavy atom. The maximum Gasteiger partial charge on any atom is 0.254 e. The van der Waals surface area contributed by atoms with Crippen LogP contribution in [0.15, 0.2) is 12.4 Å². The van der Waals surface area contributed by atoms with Crippen LogP contribution >= 0.6 is 0 Å². The third-order valence-corrected chi connectivity index (χ3v) is 2.56. The summed E-state index contributed by atoms with van der Waals surface area (Å²) in [6.07, 6.45) is 1.52. The number of anilines is 1. The van der Waals surface area contributed by atoms with Gasteiger partial charge in [0.05, 0.1) is 0 Å². The molecule has 0 fully saturated rings. The molecule has 0 aromatic carbocycles. The Morgan fingerprint density at radius 3 is 3.00 bits per heavy atom. The minimum atomic E-state index is 0.548. The molecule has 0 aliphatic heterocycles. The zero-order valence-corrected chi connectivity index (χ0v) is 10.4. The van der Waals surface area contributed by atoms with Crippen molar-refractivity contribution in [3.05, 3.63) is 18.1 Å². The van der Waals surface area contributed by atoms with Crippen molar-refractivity contribution in [3.8, 4) is 0 Å². The fourth-order valence-corrected chi connectivity index (χ4v) is 1.76. The van der Waals surface area contributed by atoms with Crippen LogP contribution in [0.2, 0.25) is 0 Å². The second kappa shape index (κ2) is 5.09. The van der Waals surface area contributed by atoms with E-state index in [9.17, 15) is 0 Å². The number of fused-ring (bicyclic) bond motifs is 1. The van der Waals surface area contributed by atoms with Crippen LogP contribution in [0, 0.1) is 12.8 Å². The summed E-state index contributed by atoms with van der Waals surface area (Å²) < 4.78 is 1.72. The summed E-state index contributed by atoms with van der Waals surface area (Å²) in [7, 11) is 1.96. The van der Waals surface area contributed by atoms with Gasteiger partial charge in [0.2, 0.25) is 0 Å². The van der Waals surface area contributed by atoms with Gasteiger partial charge in [0.1, 0.15) is 12.1 Å². The van der Waals surface area contributed by atoms with Crippen LogP contribution in [-0.2, 0) is 0 Å². The summed E-state index contributed by atoms with van der Waals surface area (Å²) in [5, 5.41) is 10.7. The van der Waals surface area contributed by atoms with Crippen LogP contribution in [0.3, 0.4) is 0 Å². The van der Waals surface area contributed by atoms with E-state index in [4.69, 9.17) is 0 Å². The van der Waals surface area contributed by atoms with Crippen molar-refractivity contribution in [2.75, 3.05) is 25.5 Å². The Kier molecular flexibility index (Phi) is 3.53. The smallest absolute Gasteiger partial charge is 0.254 e. The van der Waals surface area contributed by atoms with E-state index < -0.39 is 0 Å². The van der Waals surface area contributed by atoms with Crippen molar-refractivity contribution in [1.29, 1.82) is 0 Å². The van der Waals surface area contributed by atoms with Crippen LogP contribution in [-0.4, -0.2) is 39.7 Å². The Bertz CT molecular complexity index is 492. The number of rotatable bonds is 5. The standard InChI is InChI=1S/C11H18N6/c1-8(5-12-3)6-13-10-4-9(2)16-11-14-7-15-17(10)11/h4,7-8,12-13H,5-6H2,1-3H3. The summed E-state index contributed by atoms with van der Waals surface area (Å²) >= 11 is 0. The first-order valence-electron chi connectivity index (χ1n) is 5.76. The maximum absolute atomic E-state index is 4.30. The molecule has 0 amide bonds. The average Bonchev–Trinajstić information content (AvgIpc) is 2.74. The first-order chi connectivity index (χ1) is 8.20. The van der Waals surface area contributed by atoms with Gasteiger partial charge < -0.3 is 10.6 Å². The Hall–Kier alpha value is -1.69. The highest BCUT2D eigenvalue weighted by atomic mass is 15.3. The van der Waals surface area contributed by atoms with E-state index >= 15 is 0 Å². The molecule has 2 aromatic rings. The summed E-state index contributed by atoms with van der Waals surface area (Å²) in [4.78, 5) is 8.39. The molecule has 1 unspecified atom stereocenters. The van der Waals surface area contributed by atoms with Gasteiger partial charge in [0.25, 0.3) is 5.78 Å². The molecule has 6 nitrogen and oxygen atoms in total. The van der Waals surface area contributed by atoms with E-state index in [1.165, 1.54) is 6.33 Å². The zero-order valence-electron chi connectivity index (χ0n) is 10.4.